The van der Waals surface area contributed by atoms with Crippen LogP contribution in [0.15, 0.2) is 48.0 Å². The average molecular weight is 425 g/mol. The number of allylic oxidation sites excluding steroid dienone is 2. The lowest BCUT2D eigenvalue weighted by atomic mass is 9.57. The Balaban J connectivity index is 1.78. The van der Waals surface area contributed by atoms with Gasteiger partial charge in [-0.25, -0.2) is 14.8 Å². The Kier molecular flexibility index (Phi) is 4.78. The van der Waals surface area contributed by atoms with Gasteiger partial charge in [-0.2, -0.15) is 0 Å². The van der Waals surface area contributed by atoms with Gasteiger partial charge in [0.1, 0.15) is 0 Å². The number of hydrogen-bond acceptors (Lipinski definition) is 4. The Labute approximate surface area is 189 Å². The van der Waals surface area contributed by atoms with Crippen molar-refractivity contribution < 1.29 is 5.11 Å². The van der Waals surface area contributed by atoms with Crippen LogP contribution in [0.5, 0.6) is 0 Å². The fraction of sp³-hybridized carbons (Fsp3) is 0.407. The van der Waals surface area contributed by atoms with Crippen molar-refractivity contribution in [3.63, 3.8) is 0 Å². The highest BCUT2D eigenvalue weighted by atomic mass is 16.3. The second kappa shape index (κ2) is 7.41. The molecule has 2 aliphatic rings. The zero-order valence-corrected chi connectivity index (χ0v) is 19.1. The average Bonchev–Trinajstić information content (AvgIpc) is 2.80. The molecule has 0 bridgehead atoms. The number of aliphatic hydroxyl groups excluding tert-OH is 1. The van der Waals surface area contributed by atoms with E-state index in [0.29, 0.717) is 12.1 Å². The molecule has 2 aromatic heterocycles. The van der Waals surface area contributed by atoms with Gasteiger partial charge in [0.2, 0.25) is 5.70 Å². The minimum Gasteiger partial charge on any atom is -0.523 e. The van der Waals surface area contributed by atoms with Crippen molar-refractivity contribution in [2.75, 3.05) is 0 Å². The zero-order chi connectivity index (χ0) is 22.6. The van der Waals surface area contributed by atoms with Crippen molar-refractivity contribution in [2.45, 2.75) is 58.3 Å². The van der Waals surface area contributed by atoms with Crippen LogP contribution < -0.4 is 0 Å². The first-order chi connectivity index (χ1) is 15.3. The third kappa shape index (κ3) is 2.93. The first-order valence-corrected chi connectivity index (χ1v) is 11.4. The molecule has 1 N–H and O–H groups in total. The standard InChI is InChI=1S/C27H28N4O/c1-15(2)23-19-10-11-20-16(3)24(32)22(28-5)14-27(20,4)25(19)31-26(30-23)18-12-13-29-21-9-7-6-8-17(18)21/h6-9,12-13,15-16,20,32H,10-11,14H2,1-4H3/t16-,20-,27-/m1/s1. The smallest absolute Gasteiger partial charge is 0.203 e. The summed E-state index contributed by atoms with van der Waals surface area (Å²) in [5.74, 6) is 1.46. The Morgan fingerprint density at radius 1 is 1.19 bits per heavy atom. The summed E-state index contributed by atoms with van der Waals surface area (Å²) in [5, 5.41) is 11.7. The Hall–Kier alpha value is -3.26. The van der Waals surface area contributed by atoms with E-state index in [9.17, 15) is 5.11 Å². The predicted molar refractivity (Wildman–Crippen MR) is 126 cm³/mol. The van der Waals surface area contributed by atoms with E-state index < -0.39 is 0 Å². The second-order valence-corrected chi connectivity index (χ2v) is 9.76. The zero-order valence-electron chi connectivity index (χ0n) is 19.1. The number of nitrogens with zero attached hydrogens (tertiary/aromatic N) is 4. The molecule has 0 radical (unpaired) electrons. The number of rotatable bonds is 2. The largest absolute Gasteiger partial charge is 0.523 e. The van der Waals surface area contributed by atoms with E-state index in [1.807, 2.05) is 30.5 Å². The number of pyridine rings is 1. The van der Waals surface area contributed by atoms with Gasteiger partial charge < -0.3 is 5.11 Å². The highest BCUT2D eigenvalue weighted by molar-refractivity contribution is 5.92. The van der Waals surface area contributed by atoms with Crippen molar-refractivity contribution in [1.82, 2.24) is 15.0 Å². The molecule has 5 nitrogen and oxygen atoms in total. The molecular formula is C27H28N4O. The Morgan fingerprint density at radius 3 is 2.72 bits per heavy atom. The summed E-state index contributed by atoms with van der Waals surface area (Å²) in [6, 6.07) is 10.1. The molecule has 2 aliphatic carbocycles. The van der Waals surface area contributed by atoms with Gasteiger partial charge in [0.15, 0.2) is 5.82 Å². The van der Waals surface area contributed by atoms with Crippen molar-refractivity contribution in [1.29, 1.82) is 0 Å². The normalized spacial score (nSPS) is 24.9. The molecule has 162 valence electrons. The van der Waals surface area contributed by atoms with Crippen LogP contribution in [0.2, 0.25) is 0 Å². The molecule has 0 amide bonds. The SMILES string of the molecule is [C-]#[N+]C1=C(O)[C@H](C)[C@H]2CCc3c(C(C)C)nc(-c4ccnc5ccccc45)nc3[C@]2(C)C1. The molecule has 0 unspecified atom stereocenters. The highest BCUT2D eigenvalue weighted by Gasteiger charge is 2.50. The molecule has 1 aromatic carbocycles. The van der Waals surface area contributed by atoms with Crippen LogP contribution >= 0.6 is 0 Å². The Bertz CT molecular complexity index is 1300. The maximum Gasteiger partial charge on any atom is 0.203 e. The Morgan fingerprint density at radius 2 is 1.97 bits per heavy atom. The fourth-order valence-corrected chi connectivity index (χ4v) is 5.91. The minimum absolute atomic E-state index is 0.0475. The summed E-state index contributed by atoms with van der Waals surface area (Å²) in [4.78, 5) is 18.5. The summed E-state index contributed by atoms with van der Waals surface area (Å²) in [6.07, 6.45) is 4.22. The van der Waals surface area contributed by atoms with E-state index >= 15 is 0 Å². The molecule has 3 aromatic rings. The predicted octanol–water partition coefficient (Wildman–Crippen LogP) is 6.36. The molecule has 2 heterocycles. The van der Waals surface area contributed by atoms with Crippen LogP contribution in [0, 0.1) is 18.4 Å². The van der Waals surface area contributed by atoms with Crippen LogP contribution in [0.1, 0.15) is 63.4 Å². The van der Waals surface area contributed by atoms with Gasteiger partial charge in [0, 0.05) is 28.5 Å². The van der Waals surface area contributed by atoms with Gasteiger partial charge >= 0.3 is 0 Å². The van der Waals surface area contributed by atoms with Crippen molar-refractivity contribution in [2.24, 2.45) is 11.8 Å². The molecule has 0 fully saturated rings. The van der Waals surface area contributed by atoms with Crippen LogP contribution in [0.4, 0.5) is 0 Å². The third-order valence-electron chi connectivity index (χ3n) is 7.54. The summed E-state index contributed by atoms with van der Waals surface area (Å²) in [7, 11) is 0. The molecule has 3 atom stereocenters. The van der Waals surface area contributed by atoms with E-state index in [1.165, 1.54) is 5.56 Å². The molecule has 0 spiro atoms. The van der Waals surface area contributed by atoms with Crippen LogP contribution in [0.3, 0.4) is 0 Å². The quantitative estimate of drug-likeness (QED) is 0.486. The first kappa shape index (κ1) is 20.6. The van der Waals surface area contributed by atoms with Gasteiger partial charge in [0.05, 0.1) is 29.2 Å². The molecule has 5 heteroatoms. The lowest BCUT2D eigenvalue weighted by molar-refractivity contribution is 0.134. The fourth-order valence-electron chi connectivity index (χ4n) is 5.91. The van der Waals surface area contributed by atoms with Gasteiger partial charge in [0.25, 0.3) is 0 Å². The maximum absolute atomic E-state index is 10.7. The number of fused-ring (bicyclic) bond motifs is 4. The summed E-state index contributed by atoms with van der Waals surface area (Å²) in [6.45, 7) is 16.3. The molecule has 0 aliphatic heterocycles. The minimum atomic E-state index is -0.302. The third-order valence-corrected chi connectivity index (χ3v) is 7.54. The van der Waals surface area contributed by atoms with Gasteiger partial charge in [-0.1, -0.05) is 45.9 Å². The molecule has 0 saturated heterocycles. The van der Waals surface area contributed by atoms with Gasteiger partial charge in [-0.05, 0) is 48.8 Å². The summed E-state index contributed by atoms with van der Waals surface area (Å²) >= 11 is 0. The van der Waals surface area contributed by atoms with Crippen LogP contribution in [-0.2, 0) is 11.8 Å². The van der Waals surface area contributed by atoms with E-state index in [1.54, 1.807) is 0 Å². The molecule has 5 rings (SSSR count). The van der Waals surface area contributed by atoms with Gasteiger partial charge in [-0.3, -0.25) is 4.98 Å². The summed E-state index contributed by atoms with van der Waals surface area (Å²) in [5.41, 5.74) is 5.48. The second-order valence-electron chi connectivity index (χ2n) is 9.76. The molecule has 0 saturated carbocycles. The molecule has 32 heavy (non-hydrogen) atoms. The van der Waals surface area contributed by atoms with Crippen molar-refractivity contribution >= 4 is 10.9 Å². The van der Waals surface area contributed by atoms with Crippen LogP contribution in [0.25, 0.3) is 27.1 Å². The van der Waals surface area contributed by atoms with Crippen LogP contribution in [-0.4, -0.2) is 20.1 Å². The van der Waals surface area contributed by atoms with Crippen molar-refractivity contribution in [3.05, 3.63) is 76.4 Å². The lowest BCUT2D eigenvalue weighted by Gasteiger charge is -2.48. The lowest BCUT2D eigenvalue weighted by Crippen LogP contribution is -2.45. The first-order valence-electron chi connectivity index (χ1n) is 11.4. The van der Waals surface area contributed by atoms with E-state index in [0.717, 1.165) is 46.5 Å². The number of para-hydroxylation sites is 1. The van der Waals surface area contributed by atoms with Crippen molar-refractivity contribution in [3.8, 4) is 11.4 Å². The highest BCUT2D eigenvalue weighted by Crippen LogP contribution is 2.54. The maximum atomic E-state index is 10.7. The van der Waals surface area contributed by atoms with E-state index in [4.69, 9.17) is 16.5 Å². The van der Waals surface area contributed by atoms with E-state index in [2.05, 4.69) is 43.6 Å². The molecular weight excluding hydrogens is 396 g/mol. The monoisotopic (exact) mass is 424 g/mol. The number of aromatic nitrogens is 3. The number of hydrogen-bond donors (Lipinski definition) is 1. The number of aliphatic hydroxyl groups is 1. The van der Waals surface area contributed by atoms with Gasteiger partial charge in [-0.15, -0.1) is 0 Å². The topological polar surface area (TPSA) is 63.3 Å². The summed E-state index contributed by atoms with van der Waals surface area (Å²) < 4.78 is 0. The van der Waals surface area contributed by atoms with E-state index in [-0.39, 0.29) is 28.9 Å². The number of benzene rings is 1.